The van der Waals surface area contributed by atoms with Gasteiger partial charge in [-0.2, -0.15) is 11.8 Å². The predicted octanol–water partition coefficient (Wildman–Crippen LogP) is 1.49. The number of urea groups is 1. The number of carbonyl (C=O) groups is 2. The van der Waals surface area contributed by atoms with E-state index in [1.807, 2.05) is 18.7 Å². The van der Waals surface area contributed by atoms with Gasteiger partial charge in [0.2, 0.25) is 5.91 Å². The lowest BCUT2D eigenvalue weighted by atomic mass is 10.1. The van der Waals surface area contributed by atoms with E-state index < -0.39 is 0 Å². The molecule has 3 amide bonds. The summed E-state index contributed by atoms with van der Waals surface area (Å²) in [5, 5.41) is 8.46. The van der Waals surface area contributed by atoms with Crippen molar-refractivity contribution in [2.75, 3.05) is 18.1 Å². The molecule has 1 rings (SSSR count). The minimum Gasteiger partial charge on any atom is -0.354 e. The lowest BCUT2D eigenvalue weighted by Gasteiger charge is -2.18. The van der Waals surface area contributed by atoms with Gasteiger partial charge in [-0.05, 0) is 44.1 Å². The fourth-order valence-electron chi connectivity index (χ4n) is 1.98. The highest BCUT2D eigenvalue weighted by atomic mass is 32.2. The van der Waals surface area contributed by atoms with Crippen molar-refractivity contribution in [1.82, 2.24) is 16.0 Å². The Hall–Kier alpha value is -0.910. The number of hydrogen-bond acceptors (Lipinski definition) is 3. The minimum atomic E-state index is -0.389. The van der Waals surface area contributed by atoms with Crippen LogP contribution in [-0.4, -0.2) is 42.1 Å². The summed E-state index contributed by atoms with van der Waals surface area (Å²) in [6.07, 6.45) is 3.62. The van der Waals surface area contributed by atoms with Gasteiger partial charge in [0.25, 0.3) is 0 Å². The summed E-state index contributed by atoms with van der Waals surface area (Å²) < 4.78 is 0. The average molecular weight is 287 g/mol. The molecule has 6 heteroatoms. The van der Waals surface area contributed by atoms with E-state index in [2.05, 4.69) is 22.9 Å². The van der Waals surface area contributed by atoms with E-state index in [0.717, 1.165) is 37.2 Å². The number of carbonyl (C=O) groups excluding carboxylic acids is 2. The lowest BCUT2D eigenvalue weighted by molar-refractivity contribution is -0.122. The average Bonchev–Trinajstić information content (AvgIpc) is 2.55. The Kier molecular flexibility index (Phi) is 7.70. The topological polar surface area (TPSA) is 70.2 Å². The molecular formula is C13H25N3O2S. The van der Waals surface area contributed by atoms with Crippen LogP contribution >= 0.6 is 11.8 Å². The van der Waals surface area contributed by atoms with E-state index in [1.165, 1.54) is 0 Å². The number of thioether (sulfide) groups is 1. The van der Waals surface area contributed by atoms with E-state index in [-0.39, 0.29) is 24.0 Å². The van der Waals surface area contributed by atoms with Gasteiger partial charge in [-0.1, -0.05) is 6.92 Å². The first-order valence-electron chi connectivity index (χ1n) is 7.06. The van der Waals surface area contributed by atoms with E-state index in [0.29, 0.717) is 6.54 Å². The highest BCUT2D eigenvalue weighted by molar-refractivity contribution is 7.99. The van der Waals surface area contributed by atoms with Crippen LogP contribution < -0.4 is 16.0 Å². The van der Waals surface area contributed by atoms with Crippen molar-refractivity contribution in [3.63, 3.8) is 0 Å². The molecule has 0 radical (unpaired) electrons. The number of amides is 3. The van der Waals surface area contributed by atoms with Crippen LogP contribution in [0.4, 0.5) is 4.79 Å². The highest BCUT2D eigenvalue weighted by Crippen LogP contribution is 2.06. The van der Waals surface area contributed by atoms with Crippen molar-refractivity contribution in [2.45, 2.75) is 51.6 Å². The van der Waals surface area contributed by atoms with Crippen LogP contribution in [-0.2, 0) is 4.79 Å². The van der Waals surface area contributed by atoms with E-state index in [9.17, 15) is 9.59 Å². The normalized spacial score (nSPS) is 21.2. The van der Waals surface area contributed by atoms with Crippen molar-refractivity contribution >= 4 is 23.7 Å². The molecule has 0 bridgehead atoms. The molecule has 0 aromatic heterocycles. The first-order chi connectivity index (χ1) is 9.13. The van der Waals surface area contributed by atoms with Crippen molar-refractivity contribution in [2.24, 2.45) is 0 Å². The summed E-state index contributed by atoms with van der Waals surface area (Å²) in [5.74, 6) is 2.07. The summed E-state index contributed by atoms with van der Waals surface area (Å²) in [6, 6.07) is -0.497. The van der Waals surface area contributed by atoms with Gasteiger partial charge in [-0.25, -0.2) is 4.79 Å². The summed E-state index contributed by atoms with van der Waals surface area (Å²) in [4.78, 5) is 23.5. The van der Waals surface area contributed by atoms with Crippen LogP contribution in [0.2, 0.25) is 0 Å². The molecule has 1 fully saturated rings. The van der Waals surface area contributed by atoms with Crippen LogP contribution in [0.15, 0.2) is 0 Å². The number of hydrogen-bond donors (Lipinski definition) is 3. The van der Waals surface area contributed by atoms with Crippen LogP contribution in [0.5, 0.6) is 0 Å². The first kappa shape index (κ1) is 16.1. The third kappa shape index (κ3) is 6.71. The monoisotopic (exact) mass is 287 g/mol. The third-order valence-corrected chi connectivity index (χ3v) is 4.05. The van der Waals surface area contributed by atoms with Gasteiger partial charge < -0.3 is 16.0 Å². The molecule has 0 aromatic rings. The molecule has 0 saturated carbocycles. The van der Waals surface area contributed by atoms with Gasteiger partial charge in [0, 0.05) is 12.6 Å². The Morgan fingerprint density at radius 1 is 1.53 bits per heavy atom. The first-order valence-corrected chi connectivity index (χ1v) is 8.21. The Bertz CT molecular complexity index is 300. The zero-order valence-corrected chi connectivity index (χ0v) is 12.6. The highest BCUT2D eigenvalue weighted by Gasteiger charge is 2.22. The largest absolute Gasteiger partial charge is 0.354 e. The molecule has 3 N–H and O–H groups in total. The standard InChI is InChI=1S/C13H25N3O2S/c1-3-19-9-7-10(2)15-13(18)16-11-6-4-5-8-14-12(11)17/h10-11H,3-9H2,1-2H3,(H,14,17)(H2,15,16,18). The van der Waals surface area contributed by atoms with Crippen LogP contribution in [0.3, 0.4) is 0 Å². The summed E-state index contributed by atoms with van der Waals surface area (Å²) in [5.41, 5.74) is 0. The Morgan fingerprint density at radius 2 is 2.32 bits per heavy atom. The van der Waals surface area contributed by atoms with Crippen molar-refractivity contribution in [3.8, 4) is 0 Å². The van der Waals surface area contributed by atoms with Crippen LogP contribution in [0, 0.1) is 0 Å². The van der Waals surface area contributed by atoms with Crippen molar-refractivity contribution in [1.29, 1.82) is 0 Å². The summed E-state index contributed by atoms with van der Waals surface area (Å²) >= 11 is 1.87. The molecule has 2 atom stereocenters. The van der Waals surface area contributed by atoms with E-state index >= 15 is 0 Å². The van der Waals surface area contributed by atoms with Crippen molar-refractivity contribution in [3.05, 3.63) is 0 Å². The molecule has 0 aromatic carbocycles. The molecule has 19 heavy (non-hydrogen) atoms. The minimum absolute atomic E-state index is 0.0677. The molecule has 1 aliphatic rings. The van der Waals surface area contributed by atoms with Crippen molar-refractivity contribution < 1.29 is 9.59 Å². The van der Waals surface area contributed by atoms with Gasteiger partial charge in [-0.15, -0.1) is 0 Å². The smallest absolute Gasteiger partial charge is 0.315 e. The second-order valence-corrected chi connectivity index (χ2v) is 6.24. The van der Waals surface area contributed by atoms with E-state index in [1.54, 1.807) is 0 Å². The van der Waals surface area contributed by atoms with Gasteiger partial charge in [0.15, 0.2) is 0 Å². The number of rotatable bonds is 6. The maximum absolute atomic E-state index is 11.8. The van der Waals surface area contributed by atoms with Crippen LogP contribution in [0.25, 0.3) is 0 Å². The van der Waals surface area contributed by atoms with Gasteiger partial charge >= 0.3 is 6.03 Å². The van der Waals surface area contributed by atoms with E-state index in [4.69, 9.17) is 0 Å². The Balaban J connectivity index is 2.27. The zero-order chi connectivity index (χ0) is 14.1. The second-order valence-electron chi connectivity index (χ2n) is 4.84. The van der Waals surface area contributed by atoms with Crippen LogP contribution in [0.1, 0.15) is 39.5 Å². The summed E-state index contributed by atoms with van der Waals surface area (Å²) in [6.45, 7) is 4.83. The zero-order valence-electron chi connectivity index (χ0n) is 11.8. The fraction of sp³-hybridized carbons (Fsp3) is 0.846. The SMILES string of the molecule is CCSCCC(C)NC(=O)NC1CCCCNC1=O. The molecule has 5 nitrogen and oxygen atoms in total. The quantitative estimate of drug-likeness (QED) is 0.648. The molecule has 1 heterocycles. The Morgan fingerprint density at radius 3 is 3.05 bits per heavy atom. The predicted molar refractivity (Wildman–Crippen MR) is 79.4 cm³/mol. The fourth-order valence-corrected chi connectivity index (χ4v) is 2.79. The maximum atomic E-state index is 11.8. The molecular weight excluding hydrogens is 262 g/mol. The molecule has 0 spiro atoms. The third-order valence-electron chi connectivity index (χ3n) is 3.12. The second kappa shape index (κ2) is 9.07. The number of nitrogens with one attached hydrogen (secondary N) is 3. The molecule has 1 saturated heterocycles. The Labute approximate surface area is 119 Å². The van der Waals surface area contributed by atoms with Gasteiger partial charge in [0.05, 0.1) is 0 Å². The van der Waals surface area contributed by atoms with Gasteiger partial charge in [0.1, 0.15) is 6.04 Å². The molecule has 110 valence electrons. The molecule has 0 aliphatic carbocycles. The summed E-state index contributed by atoms with van der Waals surface area (Å²) in [7, 11) is 0. The lowest BCUT2D eigenvalue weighted by Crippen LogP contribution is -2.50. The molecule has 1 aliphatic heterocycles. The van der Waals surface area contributed by atoms with Gasteiger partial charge in [-0.3, -0.25) is 4.79 Å². The molecule has 2 unspecified atom stereocenters. The maximum Gasteiger partial charge on any atom is 0.315 e.